The van der Waals surface area contributed by atoms with Gasteiger partial charge in [0.15, 0.2) is 11.9 Å². The summed E-state index contributed by atoms with van der Waals surface area (Å²) in [6, 6.07) is 10.2. The van der Waals surface area contributed by atoms with E-state index in [1.165, 1.54) is 13.0 Å². The largest absolute Gasteiger partial charge is 0.450 e. The second-order valence-corrected chi connectivity index (χ2v) is 6.08. The standard InChI is InChI=1S/C17H16O4S/c1-10-4-6-13(7-5-10)16(19)12(3)21-17(20)15-9-8-14(22-15)11(2)18/h4-9,12H,1-3H3. The lowest BCUT2D eigenvalue weighted by Gasteiger charge is -2.11. The first kappa shape index (κ1) is 16.1. The van der Waals surface area contributed by atoms with Gasteiger partial charge in [-0.05, 0) is 32.9 Å². The molecule has 1 atom stereocenters. The first-order valence-electron chi connectivity index (χ1n) is 6.81. The average Bonchev–Trinajstić information content (AvgIpc) is 2.97. The number of ether oxygens (including phenoxy) is 1. The molecular formula is C17H16O4S. The molecule has 2 rings (SSSR count). The van der Waals surface area contributed by atoms with Gasteiger partial charge in [0.05, 0.1) is 4.88 Å². The van der Waals surface area contributed by atoms with Crippen molar-refractivity contribution in [3.8, 4) is 0 Å². The maximum Gasteiger partial charge on any atom is 0.349 e. The predicted octanol–water partition coefficient (Wildman–Crippen LogP) is 3.69. The summed E-state index contributed by atoms with van der Waals surface area (Å²) in [6.45, 7) is 4.91. The number of ketones is 2. The van der Waals surface area contributed by atoms with Gasteiger partial charge < -0.3 is 4.74 Å². The molecular weight excluding hydrogens is 300 g/mol. The second-order valence-electron chi connectivity index (χ2n) is 5.00. The van der Waals surface area contributed by atoms with E-state index in [2.05, 4.69) is 0 Å². The van der Waals surface area contributed by atoms with Crippen LogP contribution in [0.5, 0.6) is 0 Å². The summed E-state index contributed by atoms with van der Waals surface area (Å²) in [5.74, 6) is -0.949. The van der Waals surface area contributed by atoms with Crippen molar-refractivity contribution in [2.45, 2.75) is 26.9 Å². The van der Waals surface area contributed by atoms with Crippen LogP contribution in [0.3, 0.4) is 0 Å². The quantitative estimate of drug-likeness (QED) is 0.623. The van der Waals surface area contributed by atoms with Gasteiger partial charge in [-0.25, -0.2) is 4.79 Å². The third-order valence-electron chi connectivity index (χ3n) is 3.14. The lowest BCUT2D eigenvalue weighted by Crippen LogP contribution is -2.24. The zero-order valence-electron chi connectivity index (χ0n) is 12.6. The molecule has 0 spiro atoms. The van der Waals surface area contributed by atoms with Crippen LogP contribution in [0.2, 0.25) is 0 Å². The number of thiophene rings is 1. The molecule has 1 unspecified atom stereocenters. The van der Waals surface area contributed by atoms with Crippen LogP contribution in [0.25, 0.3) is 0 Å². The minimum atomic E-state index is -0.877. The van der Waals surface area contributed by atoms with E-state index in [0.717, 1.165) is 16.9 Å². The highest BCUT2D eigenvalue weighted by Gasteiger charge is 2.21. The molecule has 0 aliphatic heterocycles. The number of aryl methyl sites for hydroxylation is 1. The molecule has 1 aromatic heterocycles. The van der Waals surface area contributed by atoms with Crippen LogP contribution < -0.4 is 0 Å². The van der Waals surface area contributed by atoms with Crippen LogP contribution >= 0.6 is 11.3 Å². The number of hydrogen-bond acceptors (Lipinski definition) is 5. The Morgan fingerprint density at radius 3 is 2.14 bits per heavy atom. The third kappa shape index (κ3) is 3.68. The van der Waals surface area contributed by atoms with Crippen LogP contribution in [0.15, 0.2) is 36.4 Å². The van der Waals surface area contributed by atoms with Crippen LogP contribution in [0, 0.1) is 6.92 Å². The lowest BCUT2D eigenvalue weighted by molar-refractivity contribution is 0.0323. The van der Waals surface area contributed by atoms with Crippen LogP contribution in [-0.4, -0.2) is 23.6 Å². The molecule has 0 radical (unpaired) electrons. The minimum absolute atomic E-state index is 0.104. The summed E-state index contributed by atoms with van der Waals surface area (Å²) in [6.07, 6.45) is -0.877. The first-order valence-corrected chi connectivity index (χ1v) is 7.63. The average molecular weight is 316 g/mol. The summed E-state index contributed by atoms with van der Waals surface area (Å²) >= 11 is 1.07. The predicted molar refractivity (Wildman–Crippen MR) is 84.7 cm³/mol. The number of esters is 1. The van der Waals surface area contributed by atoms with Gasteiger partial charge in [-0.2, -0.15) is 0 Å². The fraction of sp³-hybridized carbons (Fsp3) is 0.235. The Kier molecular flexibility index (Phi) is 4.88. The summed E-state index contributed by atoms with van der Waals surface area (Å²) in [7, 11) is 0. The van der Waals surface area contributed by atoms with Gasteiger partial charge in [-0.15, -0.1) is 11.3 Å². The SMILES string of the molecule is CC(=O)c1ccc(C(=O)OC(C)C(=O)c2ccc(C)cc2)s1. The monoisotopic (exact) mass is 316 g/mol. The summed E-state index contributed by atoms with van der Waals surface area (Å²) in [5.41, 5.74) is 1.55. The van der Waals surface area contributed by atoms with E-state index in [4.69, 9.17) is 4.74 Å². The van der Waals surface area contributed by atoms with E-state index in [0.29, 0.717) is 15.3 Å². The highest BCUT2D eigenvalue weighted by molar-refractivity contribution is 7.15. The van der Waals surface area contributed by atoms with E-state index in [1.807, 2.05) is 19.1 Å². The smallest absolute Gasteiger partial charge is 0.349 e. The maximum absolute atomic E-state index is 12.2. The summed E-state index contributed by atoms with van der Waals surface area (Å²) in [5, 5.41) is 0. The maximum atomic E-state index is 12.2. The zero-order valence-corrected chi connectivity index (χ0v) is 13.4. The molecule has 1 heterocycles. The molecule has 22 heavy (non-hydrogen) atoms. The van der Waals surface area contributed by atoms with E-state index >= 15 is 0 Å². The molecule has 5 heteroatoms. The second kappa shape index (κ2) is 6.66. The van der Waals surface area contributed by atoms with Crippen molar-refractivity contribution in [2.24, 2.45) is 0 Å². The number of rotatable bonds is 5. The van der Waals surface area contributed by atoms with Gasteiger partial charge in [0, 0.05) is 5.56 Å². The molecule has 2 aromatic rings. The number of hydrogen-bond donors (Lipinski definition) is 0. The molecule has 0 bridgehead atoms. The van der Waals surface area contributed by atoms with Crippen LogP contribution in [0.4, 0.5) is 0 Å². The third-order valence-corrected chi connectivity index (χ3v) is 4.31. The summed E-state index contributed by atoms with van der Waals surface area (Å²) in [4.78, 5) is 36.2. The highest BCUT2D eigenvalue weighted by atomic mass is 32.1. The topological polar surface area (TPSA) is 60.4 Å². The van der Waals surface area contributed by atoms with Gasteiger partial charge in [0.1, 0.15) is 4.88 Å². The van der Waals surface area contributed by atoms with Crippen LogP contribution in [0.1, 0.15) is 49.1 Å². The zero-order chi connectivity index (χ0) is 16.3. The van der Waals surface area contributed by atoms with Gasteiger partial charge in [-0.3, -0.25) is 9.59 Å². The van der Waals surface area contributed by atoms with Crippen molar-refractivity contribution in [3.05, 3.63) is 57.3 Å². The molecule has 0 aliphatic carbocycles. The van der Waals surface area contributed by atoms with Crippen molar-refractivity contribution in [3.63, 3.8) is 0 Å². The van der Waals surface area contributed by atoms with Crippen molar-refractivity contribution in [1.29, 1.82) is 0 Å². The molecule has 4 nitrogen and oxygen atoms in total. The van der Waals surface area contributed by atoms with Gasteiger partial charge in [-0.1, -0.05) is 29.8 Å². The normalized spacial score (nSPS) is 11.8. The Morgan fingerprint density at radius 1 is 1.00 bits per heavy atom. The molecule has 0 aliphatic rings. The lowest BCUT2D eigenvalue weighted by atomic mass is 10.1. The Balaban J connectivity index is 2.05. The van der Waals surface area contributed by atoms with Crippen molar-refractivity contribution in [2.75, 3.05) is 0 Å². The Labute approximate surface area is 132 Å². The fourth-order valence-electron chi connectivity index (χ4n) is 1.86. The van der Waals surface area contributed by atoms with Gasteiger partial charge in [0.2, 0.25) is 5.78 Å². The van der Waals surface area contributed by atoms with E-state index in [1.54, 1.807) is 25.1 Å². The molecule has 0 saturated heterocycles. The number of carbonyl (C=O) groups excluding carboxylic acids is 3. The van der Waals surface area contributed by atoms with Crippen molar-refractivity contribution in [1.82, 2.24) is 0 Å². The van der Waals surface area contributed by atoms with Crippen molar-refractivity contribution < 1.29 is 19.1 Å². The fourth-order valence-corrected chi connectivity index (χ4v) is 2.65. The number of benzene rings is 1. The van der Waals surface area contributed by atoms with Crippen LogP contribution in [-0.2, 0) is 4.74 Å². The number of carbonyl (C=O) groups is 3. The minimum Gasteiger partial charge on any atom is -0.450 e. The Bertz CT molecular complexity index is 713. The molecule has 0 fully saturated rings. The molecule has 114 valence electrons. The Hall–Kier alpha value is -2.27. The molecule has 0 amide bonds. The highest BCUT2D eigenvalue weighted by Crippen LogP contribution is 2.19. The Morgan fingerprint density at radius 2 is 1.59 bits per heavy atom. The van der Waals surface area contributed by atoms with Crippen molar-refractivity contribution >= 4 is 28.9 Å². The summed E-state index contributed by atoms with van der Waals surface area (Å²) < 4.78 is 5.19. The number of Topliss-reactive ketones (excluding diaryl/α,β-unsaturated/α-hetero) is 2. The van der Waals surface area contributed by atoms with E-state index < -0.39 is 12.1 Å². The van der Waals surface area contributed by atoms with Gasteiger partial charge in [0.25, 0.3) is 0 Å². The molecule has 1 aromatic carbocycles. The molecule has 0 saturated carbocycles. The van der Waals surface area contributed by atoms with Gasteiger partial charge >= 0.3 is 5.97 Å². The molecule has 0 N–H and O–H groups in total. The first-order chi connectivity index (χ1) is 10.4. The van der Waals surface area contributed by atoms with E-state index in [9.17, 15) is 14.4 Å². The van der Waals surface area contributed by atoms with E-state index in [-0.39, 0.29) is 11.6 Å².